The summed E-state index contributed by atoms with van der Waals surface area (Å²) in [6.07, 6.45) is 3.20. The number of hydrogen-bond donors (Lipinski definition) is 3. The van der Waals surface area contributed by atoms with Crippen LogP contribution in [0.25, 0.3) is 0 Å². The first-order valence-electron chi connectivity index (χ1n) is 7.39. The number of unbranched alkanes of at least 4 members (excludes halogenated alkanes) is 2. The average molecular weight is 392 g/mol. The molecule has 0 aliphatic rings. The Bertz CT molecular complexity index is 599. The van der Waals surface area contributed by atoms with Gasteiger partial charge in [-0.15, -0.1) is 0 Å². The second kappa shape index (κ2) is 11.1. The van der Waals surface area contributed by atoms with E-state index in [0.717, 1.165) is 19.3 Å². The summed E-state index contributed by atoms with van der Waals surface area (Å²) in [5, 5.41) is 3.27. The van der Waals surface area contributed by atoms with Crippen molar-refractivity contribution in [3.8, 4) is 5.75 Å². The zero-order valence-corrected chi connectivity index (χ0v) is 15.5. The molecule has 0 radical (unpaired) electrons. The highest BCUT2D eigenvalue weighted by Gasteiger charge is 2.08. The van der Waals surface area contributed by atoms with Crippen LogP contribution >= 0.6 is 35.4 Å². The predicted octanol–water partition coefficient (Wildman–Crippen LogP) is 2.97. The third-order valence-electron chi connectivity index (χ3n) is 2.83. The van der Waals surface area contributed by atoms with Crippen LogP contribution in [0.4, 0.5) is 0 Å². The van der Waals surface area contributed by atoms with Crippen LogP contribution in [-0.4, -0.2) is 23.5 Å². The molecule has 0 saturated heterocycles. The number of benzene rings is 1. The third kappa shape index (κ3) is 8.33. The molecule has 1 aromatic carbocycles. The number of nitrogens with one attached hydrogen (secondary N) is 3. The minimum Gasteiger partial charge on any atom is -0.482 e. The van der Waals surface area contributed by atoms with Gasteiger partial charge in [0.15, 0.2) is 11.7 Å². The number of amides is 2. The fourth-order valence-corrected chi connectivity index (χ4v) is 2.28. The Morgan fingerprint density at radius 3 is 2.58 bits per heavy atom. The van der Waals surface area contributed by atoms with Crippen molar-refractivity contribution in [2.45, 2.75) is 32.6 Å². The number of carbonyl (C=O) groups is 2. The predicted molar refractivity (Wildman–Crippen MR) is 98.1 cm³/mol. The summed E-state index contributed by atoms with van der Waals surface area (Å²) in [4.78, 5) is 23.2. The molecule has 24 heavy (non-hydrogen) atoms. The molecule has 0 unspecified atom stereocenters. The van der Waals surface area contributed by atoms with Crippen LogP contribution in [0.2, 0.25) is 10.0 Å². The standard InChI is InChI=1S/C15H19Cl2N3O3S/c1-2-3-4-5-13(21)18-15(24)20-19-14(22)9-23-12-7-6-10(16)8-11(12)17/h6-8H,2-5,9H2,1H3,(H,19,22)(H2,18,20,21,24). The van der Waals surface area contributed by atoms with E-state index >= 15 is 0 Å². The molecule has 0 bridgehead atoms. The van der Waals surface area contributed by atoms with Gasteiger partial charge in [-0.25, -0.2) is 0 Å². The van der Waals surface area contributed by atoms with Crippen molar-refractivity contribution in [1.29, 1.82) is 0 Å². The third-order valence-corrected chi connectivity index (χ3v) is 3.56. The molecular formula is C15H19Cl2N3O3S. The van der Waals surface area contributed by atoms with Crippen LogP contribution in [-0.2, 0) is 9.59 Å². The van der Waals surface area contributed by atoms with Gasteiger partial charge in [-0.1, -0.05) is 43.0 Å². The lowest BCUT2D eigenvalue weighted by Gasteiger charge is -2.12. The molecule has 0 aliphatic carbocycles. The number of hydrogen-bond acceptors (Lipinski definition) is 4. The topological polar surface area (TPSA) is 79.5 Å². The van der Waals surface area contributed by atoms with Crippen molar-refractivity contribution in [2.75, 3.05) is 6.61 Å². The lowest BCUT2D eigenvalue weighted by atomic mass is 10.2. The molecular weight excluding hydrogens is 373 g/mol. The normalized spacial score (nSPS) is 9.96. The summed E-state index contributed by atoms with van der Waals surface area (Å²) in [6, 6.07) is 4.67. The number of thiocarbonyl (C=S) groups is 1. The highest BCUT2D eigenvalue weighted by molar-refractivity contribution is 7.80. The lowest BCUT2D eigenvalue weighted by Crippen LogP contribution is -2.49. The van der Waals surface area contributed by atoms with Crippen LogP contribution in [0.5, 0.6) is 5.75 Å². The summed E-state index contributed by atoms with van der Waals surface area (Å²) in [5.41, 5.74) is 4.75. The Hall–Kier alpha value is -1.57. The minimum absolute atomic E-state index is 0.0226. The number of halogens is 2. The van der Waals surface area contributed by atoms with E-state index < -0.39 is 5.91 Å². The molecule has 0 heterocycles. The van der Waals surface area contributed by atoms with Crippen molar-refractivity contribution < 1.29 is 14.3 Å². The molecule has 3 N–H and O–H groups in total. The van der Waals surface area contributed by atoms with E-state index in [1.54, 1.807) is 12.1 Å². The summed E-state index contributed by atoms with van der Waals surface area (Å²) < 4.78 is 5.26. The first-order valence-corrected chi connectivity index (χ1v) is 8.55. The minimum atomic E-state index is -0.483. The Morgan fingerprint density at radius 2 is 1.92 bits per heavy atom. The number of rotatable bonds is 7. The van der Waals surface area contributed by atoms with Gasteiger partial charge >= 0.3 is 0 Å². The number of carbonyl (C=O) groups excluding carboxylic acids is 2. The molecule has 9 heteroatoms. The molecule has 0 aliphatic heterocycles. The first-order chi connectivity index (χ1) is 11.4. The van der Waals surface area contributed by atoms with Crippen molar-refractivity contribution in [3.05, 3.63) is 28.2 Å². The summed E-state index contributed by atoms with van der Waals surface area (Å²) in [5.74, 6) is -0.342. The van der Waals surface area contributed by atoms with Gasteiger partial charge in [0.2, 0.25) is 5.91 Å². The number of hydrazine groups is 1. The van der Waals surface area contributed by atoms with Gasteiger partial charge < -0.3 is 10.1 Å². The molecule has 132 valence electrons. The fraction of sp³-hybridized carbons (Fsp3) is 0.400. The summed E-state index contributed by atoms with van der Waals surface area (Å²) >= 11 is 16.6. The molecule has 0 spiro atoms. The smallest absolute Gasteiger partial charge is 0.276 e. The van der Waals surface area contributed by atoms with E-state index in [4.69, 9.17) is 40.2 Å². The first kappa shape index (κ1) is 20.5. The quantitative estimate of drug-likeness (QED) is 0.378. The fourth-order valence-electron chi connectivity index (χ4n) is 1.65. The van der Waals surface area contributed by atoms with Gasteiger partial charge in [0.1, 0.15) is 5.75 Å². The highest BCUT2D eigenvalue weighted by atomic mass is 35.5. The molecule has 0 atom stereocenters. The zero-order chi connectivity index (χ0) is 17.9. The van der Waals surface area contributed by atoms with Crippen LogP contribution < -0.4 is 20.9 Å². The van der Waals surface area contributed by atoms with Gasteiger partial charge in [-0.05, 0) is 36.8 Å². The second-order valence-electron chi connectivity index (χ2n) is 4.87. The molecule has 0 aromatic heterocycles. The molecule has 0 saturated carbocycles. The van der Waals surface area contributed by atoms with Crippen LogP contribution in [0.3, 0.4) is 0 Å². The van der Waals surface area contributed by atoms with E-state index in [1.807, 2.05) is 0 Å². The summed E-state index contributed by atoms with van der Waals surface area (Å²) in [6.45, 7) is 1.78. The van der Waals surface area contributed by atoms with Gasteiger partial charge in [0.05, 0.1) is 5.02 Å². The van der Waals surface area contributed by atoms with Crippen LogP contribution in [0.1, 0.15) is 32.6 Å². The SMILES string of the molecule is CCCCCC(=O)NC(=S)NNC(=O)COc1ccc(Cl)cc1Cl. The van der Waals surface area contributed by atoms with Crippen molar-refractivity contribution in [3.63, 3.8) is 0 Å². The number of ether oxygens (including phenoxy) is 1. The highest BCUT2D eigenvalue weighted by Crippen LogP contribution is 2.27. The van der Waals surface area contributed by atoms with Crippen LogP contribution in [0.15, 0.2) is 18.2 Å². The van der Waals surface area contributed by atoms with E-state index in [2.05, 4.69) is 23.1 Å². The zero-order valence-electron chi connectivity index (χ0n) is 13.2. The maximum absolute atomic E-state index is 11.7. The van der Waals surface area contributed by atoms with Gasteiger partial charge in [-0.3, -0.25) is 20.4 Å². The molecule has 2 amide bonds. The largest absolute Gasteiger partial charge is 0.482 e. The van der Waals surface area contributed by atoms with Gasteiger partial charge in [-0.2, -0.15) is 0 Å². The van der Waals surface area contributed by atoms with Crippen LogP contribution in [0, 0.1) is 0 Å². The van der Waals surface area contributed by atoms with E-state index in [9.17, 15) is 9.59 Å². The Morgan fingerprint density at radius 1 is 1.17 bits per heavy atom. The van der Waals surface area contributed by atoms with E-state index in [-0.39, 0.29) is 17.6 Å². The maximum Gasteiger partial charge on any atom is 0.276 e. The average Bonchev–Trinajstić information content (AvgIpc) is 2.52. The molecule has 6 nitrogen and oxygen atoms in total. The van der Waals surface area contributed by atoms with E-state index in [0.29, 0.717) is 22.2 Å². The molecule has 0 fully saturated rings. The van der Waals surface area contributed by atoms with Gasteiger partial charge in [0.25, 0.3) is 5.91 Å². The Balaban J connectivity index is 2.25. The Labute approximate surface area is 156 Å². The lowest BCUT2D eigenvalue weighted by molar-refractivity contribution is -0.124. The van der Waals surface area contributed by atoms with Crippen molar-refractivity contribution in [1.82, 2.24) is 16.2 Å². The summed E-state index contributed by atoms with van der Waals surface area (Å²) in [7, 11) is 0. The van der Waals surface area contributed by atoms with Crippen molar-refractivity contribution in [2.24, 2.45) is 0 Å². The van der Waals surface area contributed by atoms with Gasteiger partial charge in [0, 0.05) is 11.4 Å². The van der Waals surface area contributed by atoms with E-state index in [1.165, 1.54) is 6.07 Å². The monoisotopic (exact) mass is 391 g/mol. The van der Waals surface area contributed by atoms with Crippen molar-refractivity contribution >= 4 is 52.3 Å². The Kier molecular flexibility index (Phi) is 9.44. The second-order valence-corrected chi connectivity index (χ2v) is 6.12. The maximum atomic E-state index is 11.7. The molecule has 1 rings (SSSR count). The molecule has 1 aromatic rings.